The largest absolute Gasteiger partial charge is 0.482 e. The van der Waals surface area contributed by atoms with E-state index in [-0.39, 0.29) is 18.4 Å². The van der Waals surface area contributed by atoms with E-state index < -0.39 is 0 Å². The number of benzene rings is 2. The van der Waals surface area contributed by atoms with E-state index in [2.05, 4.69) is 0 Å². The van der Waals surface area contributed by atoms with Crippen LogP contribution in [-0.2, 0) is 4.79 Å². The highest BCUT2D eigenvalue weighted by Gasteiger charge is 2.26. The smallest absolute Gasteiger partial charge is 0.260 e. The molecule has 26 heavy (non-hydrogen) atoms. The molecule has 0 aromatic heterocycles. The Bertz CT molecular complexity index is 805. The number of rotatable bonds is 4. The molecule has 1 heterocycles. The third-order valence-corrected chi connectivity index (χ3v) is 4.85. The summed E-state index contributed by atoms with van der Waals surface area (Å²) in [5.74, 6) is 0.236. The Morgan fingerprint density at radius 1 is 0.846 bits per heavy atom. The van der Waals surface area contributed by atoms with Gasteiger partial charge in [0.05, 0.1) is 15.6 Å². The molecule has 0 N–H and O–H groups in total. The van der Waals surface area contributed by atoms with Crippen molar-refractivity contribution in [1.82, 2.24) is 9.80 Å². The Labute approximate surface area is 162 Å². The molecule has 3 rings (SSSR count). The van der Waals surface area contributed by atoms with E-state index in [1.54, 1.807) is 58.3 Å². The molecular formula is C19H18Cl2N2O3. The summed E-state index contributed by atoms with van der Waals surface area (Å²) < 4.78 is 5.49. The second-order valence-electron chi connectivity index (χ2n) is 5.87. The maximum absolute atomic E-state index is 12.5. The lowest BCUT2D eigenvalue weighted by atomic mass is 10.2. The Balaban J connectivity index is 1.52. The molecule has 0 atom stereocenters. The number of nitrogens with zero attached hydrogens (tertiary/aromatic N) is 2. The van der Waals surface area contributed by atoms with Crippen LogP contribution in [0.15, 0.2) is 48.5 Å². The number of carbonyl (C=O) groups is 2. The fourth-order valence-electron chi connectivity index (χ4n) is 2.76. The number of hydrogen-bond acceptors (Lipinski definition) is 3. The van der Waals surface area contributed by atoms with Crippen LogP contribution in [0, 0.1) is 0 Å². The molecule has 2 amide bonds. The number of piperazine rings is 1. The summed E-state index contributed by atoms with van der Waals surface area (Å²) >= 11 is 12.1. The van der Waals surface area contributed by atoms with E-state index >= 15 is 0 Å². The first kappa shape index (κ1) is 18.5. The lowest BCUT2D eigenvalue weighted by Crippen LogP contribution is -2.51. The summed E-state index contributed by atoms with van der Waals surface area (Å²) in [4.78, 5) is 28.3. The van der Waals surface area contributed by atoms with Crippen molar-refractivity contribution in [3.63, 3.8) is 0 Å². The van der Waals surface area contributed by atoms with Gasteiger partial charge in [0.15, 0.2) is 6.61 Å². The molecule has 1 aliphatic rings. The first-order valence-corrected chi connectivity index (χ1v) is 9.01. The number of ether oxygens (including phenoxy) is 1. The predicted octanol–water partition coefficient (Wildman–Crippen LogP) is 3.36. The molecule has 0 unspecified atom stereocenters. The van der Waals surface area contributed by atoms with E-state index in [1.807, 2.05) is 0 Å². The van der Waals surface area contributed by atoms with Gasteiger partial charge >= 0.3 is 0 Å². The molecule has 2 aromatic rings. The number of amides is 2. The molecular weight excluding hydrogens is 375 g/mol. The summed E-state index contributed by atoms with van der Waals surface area (Å²) in [6.45, 7) is 1.76. The molecule has 136 valence electrons. The van der Waals surface area contributed by atoms with Crippen molar-refractivity contribution in [2.24, 2.45) is 0 Å². The lowest BCUT2D eigenvalue weighted by molar-refractivity contribution is -0.134. The number of hydrogen-bond donors (Lipinski definition) is 0. The van der Waals surface area contributed by atoms with Crippen molar-refractivity contribution in [2.45, 2.75) is 0 Å². The van der Waals surface area contributed by atoms with Crippen LogP contribution in [-0.4, -0.2) is 54.4 Å². The summed E-state index contributed by atoms with van der Waals surface area (Å²) in [6, 6.07) is 14.0. The van der Waals surface area contributed by atoms with Gasteiger partial charge in [0.2, 0.25) is 0 Å². The molecule has 1 fully saturated rings. The van der Waals surface area contributed by atoms with Gasteiger partial charge in [-0.05, 0) is 24.3 Å². The summed E-state index contributed by atoms with van der Waals surface area (Å²) in [5, 5.41) is 0.902. The second-order valence-corrected chi connectivity index (χ2v) is 6.69. The summed E-state index contributed by atoms with van der Waals surface area (Å²) in [7, 11) is 0. The molecule has 1 saturated heterocycles. The number of halogens is 2. The molecule has 0 aliphatic carbocycles. The molecule has 5 nitrogen and oxygen atoms in total. The fourth-order valence-corrected chi connectivity index (χ4v) is 3.16. The Kier molecular flexibility index (Phi) is 6.01. The van der Waals surface area contributed by atoms with Crippen LogP contribution in [0.25, 0.3) is 0 Å². The molecule has 1 aliphatic heterocycles. The zero-order chi connectivity index (χ0) is 18.5. The van der Waals surface area contributed by atoms with Crippen molar-refractivity contribution in [1.29, 1.82) is 0 Å². The summed E-state index contributed by atoms with van der Waals surface area (Å²) in [6.07, 6.45) is 0. The van der Waals surface area contributed by atoms with Gasteiger partial charge in [-0.2, -0.15) is 0 Å². The van der Waals surface area contributed by atoms with Gasteiger partial charge in [0, 0.05) is 26.2 Å². The zero-order valence-corrected chi connectivity index (χ0v) is 15.5. The van der Waals surface area contributed by atoms with Crippen LogP contribution in [0.3, 0.4) is 0 Å². The number of carbonyl (C=O) groups excluding carboxylic acids is 2. The average molecular weight is 393 g/mol. The third-order valence-electron chi connectivity index (χ3n) is 4.21. The quantitative estimate of drug-likeness (QED) is 0.801. The van der Waals surface area contributed by atoms with Gasteiger partial charge in [0.1, 0.15) is 5.75 Å². The monoisotopic (exact) mass is 392 g/mol. The highest BCUT2D eigenvalue weighted by Crippen LogP contribution is 2.23. The van der Waals surface area contributed by atoms with E-state index in [1.165, 1.54) is 0 Å². The summed E-state index contributed by atoms with van der Waals surface area (Å²) in [5.41, 5.74) is 0.482. The van der Waals surface area contributed by atoms with Gasteiger partial charge < -0.3 is 14.5 Å². The van der Waals surface area contributed by atoms with E-state index in [0.29, 0.717) is 47.5 Å². The highest BCUT2D eigenvalue weighted by atomic mass is 35.5. The van der Waals surface area contributed by atoms with Crippen molar-refractivity contribution < 1.29 is 14.3 Å². The normalized spacial score (nSPS) is 14.2. The minimum atomic E-state index is -0.130. The van der Waals surface area contributed by atoms with Crippen LogP contribution in [0.2, 0.25) is 10.0 Å². The topological polar surface area (TPSA) is 49.9 Å². The van der Waals surface area contributed by atoms with Gasteiger partial charge in [-0.25, -0.2) is 0 Å². The molecule has 0 saturated carbocycles. The average Bonchev–Trinajstić information content (AvgIpc) is 2.67. The molecule has 0 radical (unpaired) electrons. The van der Waals surface area contributed by atoms with Crippen molar-refractivity contribution in [3.05, 3.63) is 64.1 Å². The minimum absolute atomic E-state index is 0.0812. The fraction of sp³-hybridized carbons (Fsp3) is 0.263. The standard InChI is InChI=1S/C19H18Cl2N2O3/c20-15-6-2-1-5-14(15)19(25)23-11-9-22(10-12-23)18(24)13-26-17-8-4-3-7-16(17)21/h1-8H,9-13H2. The van der Waals surface area contributed by atoms with Crippen LogP contribution >= 0.6 is 23.2 Å². The van der Waals surface area contributed by atoms with Crippen molar-refractivity contribution in [3.8, 4) is 5.75 Å². The number of para-hydroxylation sites is 1. The van der Waals surface area contributed by atoms with Crippen LogP contribution in [0.1, 0.15) is 10.4 Å². The van der Waals surface area contributed by atoms with Gasteiger partial charge in [0.25, 0.3) is 11.8 Å². The van der Waals surface area contributed by atoms with Gasteiger partial charge in [-0.3, -0.25) is 9.59 Å². The minimum Gasteiger partial charge on any atom is -0.482 e. The van der Waals surface area contributed by atoms with Crippen molar-refractivity contribution >= 4 is 35.0 Å². The van der Waals surface area contributed by atoms with Crippen LogP contribution in [0.5, 0.6) is 5.75 Å². The highest BCUT2D eigenvalue weighted by molar-refractivity contribution is 6.33. The molecule has 0 bridgehead atoms. The van der Waals surface area contributed by atoms with E-state index in [9.17, 15) is 9.59 Å². The predicted molar refractivity (Wildman–Crippen MR) is 101 cm³/mol. The Morgan fingerprint density at radius 2 is 1.42 bits per heavy atom. The van der Waals surface area contributed by atoms with E-state index in [4.69, 9.17) is 27.9 Å². The molecule has 0 spiro atoms. The maximum Gasteiger partial charge on any atom is 0.260 e. The van der Waals surface area contributed by atoms with Crippen LogP contribution < -0.4 is 4.74 Å². The maximum atomic E-state index is 12.5. The van der Waals surface area contributed by atoms with Crippen molar-refractivity contribution in [2.75, 3.05) is 32.8 Å². The Hall–Kier alpha value is -2.24. The van der Waals surface area contributed by atoms with Gasteiger partial charge in [-0.15, -0.1) is 0 Å². The first-order chi connectivity index (χ1) is 12.6. The molecule has 2 aromatic carbocycles. The lowest BCUT2D eigenvalue weighted by Gasteiger charge is -2.34. The zero-order valence-electron chi connectivity index (χ0n) is 14.0. The third kappa shape index (κ3) is 4.29. The second kappa shape index (κ2) is 8.43. The van der Waals surface area contributed by atoms with Gasteiger partial charge in [-0.1, -0.05) is 47.5 Å². The first-order valence-electron chi connectivity index (χ1n) is 8.25. The Morgan fingerprint density at radius 3 is 2.08 bits per heavy atom. The SMILES string of the molecule is O=C(COc1ccccc1Cl)N1CCN(C(=O)c2ccccc2Cl)CC1. The molecule has 7 heteroatoms. The van der Waals surface area contributed by atoms with E-state index in [0.717, 1.165) is 0 Å². The van der Waals surface area contributed by atoms with Crippen LogP contribution in [0.4, 0.5) is 0 Å².